The molecule has 154 valence electrons. The van der Waals surface area contributed by atoms with Gasteiger partial charge >= 0.3 is 12.1 Å². The van der Waals surface area contributed by atoms with Crippen LogP contribution in [0, 0.1) is 0 Å². The van der Waals surface area contributed by atoms with Gasteiger partial charge in [-0.3, -0.25) is 9.59 Å². The van der Waals surface area contributed by atoms with Crippen molar-refractivity contribution in [2.75, 3.05) is 37.7 Å². The normalized spacial score (nSPS) is 14.6. The van der Waals surface area contributed by atoms with Gasteiger partial charge in [-0.05, 0) is 23.8 Å². The molecule has 0 unspecified atom stereocenters. The van der Waals surface area contributed by atoms with Crippen molar-refractivity contribution in [1.82, 2.24) is 14.9 Å². The molecular formula is C19H19F3N4O3. The molecule has 1 aliphatic heterocycles. The predicted octanol–water partition coefficient (Wildman–Crippen LogP) is 1.93. The number of carbonyl (C=O) groups excluding carboxylic acids is 2. The summed E-state index contributed by atoms with van der Waals surface area (Å²) in [5.74, 6) is -0.392. The molecule has 1 saturated heterocycles. The molecule has 1 aromatic carbocycles. The Bertz CT molecular complexity index is 836. The van der Waals surface area contributed by atoms with Crippen LogP contribution < -0.4 is 4.90 Å². The highest BCUT2D eigenvalue weighted by Crippen LogP contribution is 2.29. The minimum Gasteiger partial charge on any atom is -0.455 e. The molecule has 1 amide bonds. The molecule has 2 heterocycles. The Morgan fingerprint density at radius 3 is 2.21 bits per heavy atom. The Labute approximate surface area is 165 Å². The predicted molar refractivity (Wildman–Crippen MR) is 96.9 cm³/mol. The van der Waals surface area contributed by atoms with Crippen molar-refractivity contribution in [3.8, 4) is 0 Å². The average Bonchev–Trinajstić information content (AvgIpc) is 2.72. The van der Waals surface area contributed by atoms with E-state index in [1.807, 2.05) is 4.90 Å². The Balaban J connectivity index is 1.42. The van der Waals surface area contributed by atoms with Gasteiger partial charge in [0.1, 0.15) is 0 Å². The fraction of sp³-hybridized carbons (Fsp3) is 0.368. The lowest BCUT2D eigenvalue weighted by Crippen LogP contribution is -2.50. The Kier molecular flexibility index (Phi) is 6.30. The SMILES string of the molecule is O=C(Cc1ccc(C(F)(F)F)cc1)OCC(=O)N1CCN(c2ncccn2)CC1. The fourth-order valence-electron chi connectivity index (χ4n) is 2.87. The van der Waals surface area contributed by atoms with E-state index in [9.17, 15) is 22.8 Å². The first-order valence-electron chi connectivity index (χ1n) is 8.94. The van der Waals surface area contributed by atoms with E-state index in [1.54, 1.807) is 23.4 Å². The molecule has 0 saturated carbocycles. The number of piperazine rings is 1. The molecule has 0 radical (unpaired) electrons. The van der Waals surface area contributed by atoms with Gasteiger partial charge in [-0.15, -0.1) is 0 Å². The monoisotopic (exact) mass is 408 g/mol. The topological polar surface area (TPSA) is 75.6 Å². The first-order chi connectivity index (χ1) is 13.8. The lowest BCUT2D eigenvalue weighted by Gasteiger charge is -2.34. The van der Waals surface area contributed by atoms with E-state index < -0.39 is 24.3 Å². The van der Waals surface area contributed by atoms with Gasteiger partial charge in [0.05, 0.1) is 12.0 Å². The number of hydrogen-bond donors (Lipinski definition) is 0. The third-order valence-electron chi connectivity index (χ3n) is 4.45. The largest absolute Gasteiger partial charge is 0.455 e. The molecule has 29 heavy (non-hydrogen) atoms. The molecule has 0 aliphatic carbocycles. The second-order valence-electron chi connectivity index (χ2n) is 6.45. The smallest absolute Gasteiger partial charge is 0.416 e. The number of halogens is 3. The maximum absolute atomic E-state index is 12.5. The number of alkyl halides is 3. The van der Waals surface area contributed by atoms with E-state index in [0.717, 1.165) is 12.1 Å². The summed E-state index contributed by atoms with van der Waals surface area (Å²) in [4.78, 5) is 36.0. The fourth-order valence-corrected chi connectivity index (χ4v) is 2.87. The standard InChI is InChI=1S/C19H19F3N4O3/c20-19(21,22)15-4-2-14(3-5-15)12-17(28)29-13-16(27)25-8-10-26(11-9-25)18-23-6-1-7-24-18/h1-7H,8-13H2. The van der Waals surface area contributed by atoms with Gasteiger partial charge < -0.3 is 14.5 Å². The van der Waals surface area contributed by atoms with Gasteiger partial charge in [-0.1, -0.05) is 12.1 Å². The summed E-state index contributed by atoms with van der Waals surface area (Å²) in [5, 5.41) is 0. The van der Waals surface area contributed by atoms with Crippen molar-refractivity contribution in [1.29, 1.82) is 0 Å². The molecule has 1 aromatic heterocycles. The number of carbonyl (C=O) groups is 2. The number of esters is 1. The van der Waals surface area contributed by atoms with Crippen LogP contribution in [0.15, 0.2) is 42.7 Å². The summed E-state index contributed by atoms with van der Waals surface area (Å²) in [6.45, 7) is 1.63. The van der Waals surface area contributed by atoms with Gasteiger partial charge in [-0.25, -0.2) is 9.97 Å². The van der Waals surface area contributed by atoms with Gasteiger partial charge in [0.2, 0.25) is 5.95 Å². The van der Waals surface area contributed by atoms with Crippen molar-refractivity contribution in [2.45, 2.75) is 12.6 Å². The third-order valence-corrected chi connectivity index (χ3v) is 4.45. The molecular weight excluding hydrogens is 389 g/mol. The minimum atomic E-state index is -4.43. The third kappa shape index (κ3) is 5.66. The quantitative estimate of drug-likeness (QED) is 0.704. The van der Waals surface area contributed by atoms with Gasteiger partial charge in [-0.2, -0.15) is 13.2 Å². The lowest BCUT2D eigenvalue weighted by atomic mass is 10.1. The first-order valence-corrected chi connectivity index (χ1v) is 8.94. The zero-order chi connectivity index (χ0) is 20.9. The summed E-state index contributed by atoms with van der Waals surface area (Å²) >= 11 is 0. The molecule has 1 aliphatic rings. The van der Waals surface area contributed by atoms with E-state index in [4.69, 9.17) is 4.74 Å². The molecule has 0 N–H and O–H groups in total. The second kappa shape index (κ2) is 8.89. The number of rotatable bonds is 5. The van der Waals surface area contributed by atoms with Crippen LogP contribution in [0.2, 0.25) is 0 Å². The number of aromatic nitrogens is 2. The molecule has 2 aromatic rings. The minimum absolute atomic E-state index is 0.204. The molecule has 10 heteroatoms. The number of amides is 1. The number of hydrogen-bond acceptors (Lipinski definition) is 6. The highest BCUT2D eigenvalue weighted by atomic mass is 19.4. The van der Waals surface area contributed by atoms with Crippen LogP contribution in [0.1, 0.15) is 11.1 Å². The first kappa shape index (κ1) is 20.6. The van der Waals surface area contributed by atoms with Crippen LogP contribution in [0.4, 0.5) is 19.1 Å². The van der Waals surface area contributed by atoms with Crippen LogP contribution in [0.3, 0.4) is 0 Å². The summed E-state index contributed by atoms with van der Waals surface area (Å²) in [6.07, 6.45) is -1.33. The van der Waals surface area contributed by atoms with E-state index in [0.29, 0.717) is 37.7 Å². The Morgan fingerprint density at radius 2 is 1.62 bits per heavy atom. The van der Waals surface area contributed by atoms with E-state index in [-0.39, 0.29) is 12.3 Å². The van der Waals surface area contributed by atoms with Crippen LogP contribution in [-0.2, 0) is 26.9 Å². The van der Waals surface area contributed by atoms with Crippen LogP contribution >= 0.6 is 0 Å². The van der Waals surface area contributed by atoms with Gasteiger partial charge in [0.15, 0.2) is 6.61 Å². The van der Waals surface area contributed by atoms with Gasteiger partial charge in [0.25, 0.3) is 5.91 Å². The average molecular weight is 408 g/mol. The Hall–Kier alpha value is -3.17. The molecule has 3 rings (SSSR count). The Morgan fingerprint density at radius 1 is 1.00 bits per heavy atom. The van der Waals surface area contributed by atoms with E-state index in [2.05, 4.69) is 9.97 Å². The summed E-state index contributed by atoms with van der Waals surface area (Å²) in [5.41, 5.74) is -0.406. The number of anilines is 1. The van der Waals surface area contributed by atoms with Crippen LogP contribution in [0.25, 0.3) is 0 Å². The van der Waals surface area contributed by atoms with Crippen LogP contribution in [0.5, 0.6) is 0 Å². The number of ether oxygens (including phenoxy) is 1. The van der Waals surface area contributed by atoms with Crippen molar-refractivity contribution >= 4 is 17.8 Å². The van der Waals surface area contributed by atoms with Crippen molar-refractivity contribution in [3.63, 3.8) is 0 Å². The second-order valence-corrected chi connectivity index (χ2v) is 6.45. The van der Waals surface area contributed by atoms with Crippen molar-refractivity contribution in [3.05, 3.63) is 53.9 Å². The van der Waals surface area contributed by atoms with Crippen LogP contribution in [-0.4, -0.2) is 59.5 Å². The molecule has 1 fully saturated rings. The summed E-state index contributed by atoms with van der Waals surface area (Å²) in [7, 11) is 0. The molecule has 0 spiro atoms. The highest BCUT2D eigenvalue weighted by molar-refractivity contribution is 5.81. The molecule has 7 nitrogen and oxygen atoms in total. The van der Waals surface area contributed by atoms with Gasteiger partial charge in [0, 0.05) is 38.6 Å². The molecule has 0 bridgehead atoms. The van der Waals surface area contributed by atoms with E-state index >= 15 is 0 Å². The zero-order valence-corrected chi connectivity index (χ0v) is 15.4. The zero-order valence-electron chi connectivity index (χ0n) is 15.4. The number of nitrogens with zero attached hydrogens (tertiary/aromatic N) is 4. The molecule has 0 atom stereocenters. The lowest BCUT2D eigenvalue weighted by molar-refractivity contribution is -0.151. The van der Waals surface area contributed by atoms with Crippen molar-refractivity contribution < 1.29 is 27.5 Å². The maximum Gasteiger partial charge on any atom is 0.416 e. The van der Waals surface area contributed by atoms with Crippen molar-refractivity contribution in [2.24, 2.45) is 0 Å². The highest BCUT2D eigenvalue weighted by Gasteiger charge is 2.30. The maximum atomic E-state index is 12.5. The summed E-state index contributed by atoms with van der Waals surface area (Å²) < 4.78 is 42.6. The number of benzene rings is 1. The van der Waals surface area contributed by atoms with E-state index in [1.165, 1.54) is 12.1 Å². The summed E-state index contributed by atoms with van der Waals surface area (Å²) in [6, 6.07) is 5.98.